The molecule has 140 valence electrons. The number of aromatic nitrogens is 3. The second kappa shape index (κ2) is 8.01. The van der Waals surface area contributed by atoms with Gasteiger partial charge in [-0.15, -0.1) is 0 Å². The van der Waals surface area contributed by atoms with Crippen LogP contribution in [0.25, 0.3) is 10.9 Å². The van der Waals surface area contributed by atoms with Crippen LogP contribution in [-0.4, -0.2) is 20.4 Å². The summed E-state index contributed by atoms with van der Waals surface area (Å²) in [6.45, 7) is 0.272. The molecule has 2 aromatic carbocycles. The fourth-order valence-corrected chi connectivity index (χ4v) is 3.17. The Morgan fingerprint density at radius 3 is 2.71 bits per heavy atom. The lowest BCUT2D eigenvalue weighted by Crippen LogP contribution is -2.32. The average Bonchev–Trinajstić information content (AvgIpc) is 3.23. The summed E-state index contributed by atoms with van der Waals surface area (Å²) in [5.41, 5.74) is 1.30. The number of hydrogen-bond acceptors (Lipinski definition) is 6. The van der Waals surface area contributed by atoms with Gasteiger partial charge in [0.1, 0.15) is 12.3 Å². The van der Waals surface area contributed by atoms with Crippen LogP contribution in [0.5, 0.6) is 10.9 Å². The molecule has 1 amide bonds. The third kappa shape index (κ3) is 4.07. The molecule has 8 heteroatoms. The number of para-hydroxylation sites is 1. The van der Waals surface area contributed by atoms with E-state index in [1.807, 2.05) is 35.7 Å². The minimum absolute atomic E-state index is 0.0814. The molecule has 0 fully saturated rings. The number of ether oxygens (including phenoxy) is 1. The van der Waals surface area contributed by atoms with Gasteiger partial charge in [-0.3, -0.25) is 14.2 Å². The van der Waals surface area contributed by atoms with Crippen LogP contribution in [0.1, 0.15) is 5.56 Å². The monoisotopic (exact) mass is 392 g/mol. The van der Waals surface area contributed by atoms with Crippen LogP contribution in [0.4, 0.5) is 0 Å². The molecular weight excluding hydrogens is 376 g/mol. The second-order valence-electron chi connectivity index (χ2n) is 6.02. The quantitative estimate of drug-likeness (QED) is 0.545. The van der Waals surface area contributed by atoms with E-state index in [4.69, 9.17) is 4.74 Å². The zero-order valence-electron chi connectivity index (χ0n) is 14.7. The number of hydrogen-bond donors (Lipinski definition) is 1. The Morgan fingerprint density at radius 1 is 1.11 bits per heavy atom. The van der Waals surface area contributed by atoms with Crippen molar-refractivity contribution in [2.75, 3.05) is 0 Å². The Bertz CT molecular complexity index is 1150. The molecule has 0 radical (unpaired) electrons. The van der Waals surface area contributed by atoms with E-state index < -0.39 is 0 Å². The summed E-state index contributed by atoms with van der Waals surface area (Å²) in [6, 6.07) is 14.4. The van der Waals surface area contributed by atoms with Gasteiger partial charge in [0.25, 0.3) is 10.8 Å². The van der Waals surface area contributed by atoms with Crippen molar-refractivity contribution >= 4 is 28.1 Å². The van der Waals surface area contributed by atoms with Crippen molar-refractivity contribution in [1.29, 1.82) is 0 Å². The Hall–Kier alpha value is -3.52. The normalized spacial score (nSPS) is 10.7. The summed E-state index contributed by atoms with van der Waals surface area (Å²) in [5, 5.41) is 5.73. The molecule has 0 aliphatic rings. The first-order valence-corrected chi connectivity index (χ1v) is 9.44. The predicted octanol–water partition coefficient (Wildman–Crippen LogP) is 2.96. The molecule has 4 aromatic rings. The lowest BCUT2D eigenvalue weighted by Gasteiger charge is -2.09. The molecule has 0 bridgehead atoms. The molecular formula is C20H16N4O3S. The molecule has 28 heavy (non-hydrogen) atoms. The number of nitrogens with zero attached hydrogens (tertiary/aromatic N) is 3. The van der Waals surface area contributed by atoms with Gasteiger partial charge >= 0.3 is 0 Å². The highest BCUT2D eigenvalue weighted by Crippen LogP contribution is 2.23. The molecule has 0 aliphatic carbocycles. The van der Waals surface area contributed by atoms with E-state index in [-0.39, 0.29) is 18.0 Å². The third-order valence-corrected chi connectivity index (χ3v) is 4.72. The summed E-state index contributed by atoms with van der Waals surface area (Å²) in [7, 11) is 0. The number of carbonyl (C=O) groups is 1. The van der Waals surface area contributed by atoms with E-state index in [2.05, 4.69) is 15.3 Å². The zero-order valence-corrected chi connectivity index (χ0v) is 15.6. The smallest absolute Gasteiger partial charge is 0.278 e. The van der Waals surface area contributed by atoms with Gasteiger partial charge < -0.3 is 10.1 Å². The summed E-state index contributed by atoms with van der Waals surface area (Å²) in [5.74, 6) is 0.418. The predicted molar refractivity (Wildman–Crippen MR) is 106 cm³/mol. The largest absolute Gasteiger partial charge is 0.431 e. The number of benzene rings is 2. The van der Waals surface area contributed by atoms with Gasteiger partial charge in [0.15, 0.2) is 0 Å². The average molecular weight is 392 g/mol. The van der Waals surface area contributed by atoms with Crippen molar-refractivity contribution in [3.05, 3.63) is 82.4 Å². The summed E-state index contributed by atoms with van der Waals surface area (Å²) < 4.78 is 6.91. The van der Waals surface area contributed by atoms with E-state index in [1.165, 1.54) is 22.2 Å². The molecule has 7 nitrogen and oxygen atoms in total. The van der Waals surface area contributed by atoms with Crippen molar-refractivity contribution in [2.24, 2.45) is 0 Å². The van der Waals surface area contributed by atoms with Gasteiger partial charge in [-0.1, -0.05) is 35.6 Å². The number of thiazole rings is 1. The standard InChI is InChI=1S/C20H16N4O3S/c25-18(12-24-13-23-17-4-2-1-3-16(17)19(24)26)22-11-14-5-7-15(8-6-14)27-20-21-9-10-28-20/h1-10,13H,11-12H2,(H,22,25). The Kier molecular flexibility index (Phi) is 5.11. The van der Waals surface area contributed by atoms with Gasteiger partial charge in [0.05, 0.1) is 17.2 Å². The highest BCUT2D eigenvalue weighted by Gasteiger charge is 2.08. The summed E-state index contributed by atoms with van der Waals surface area (Å²) >= 11 is 1.42. The minimum atomic E-state index is -0.262. The van der Waals surface area contributed by atoms with Gasteiger partial charge in [0.2, 0.25) is 5.91 Å². The first-order valence-electron chi connectivity index (χ1n) is 8.56. The molecule has 0 saturated carbocycles. The number of nitrogens with one attached hydrogen (secondary N) is 1. The van der Waals surface area contributed by atoms with E-state index in [0.29, 0.717) is 28.4 Å². The van der Waals surface area contributed by atoms with Crippen LogP contribution in [0.15, 0.2) is 71.2 Å². The Labute approximate surface area is 164 Å². The molecule has 2 aromatic heterocycles. The van der Waals surface area contributed by atoms with Gasteiger partial charge in [-0.25, -0.2) is 9.97 Å². The Morgan fingerprint density at radius 2 is 1.93 bits per heavy atom. The molecule has 0 unspecified atom stereocenters. The highest BCUT2D eigenvalue weighted by atomic mass is 32.1. The summed E-state index contributed by atoms with van der Waals surface area (Å²) in [6.07, 6.45) is 3.08. The lowest BCUT2D eigenvalue weighted by molar-refractivity contribution is -0.121. The maximum absolute atomic E-state index is 12.4. The van der Waals surface area contributed by atoms with Crippen LogP contribution in [0.3, 0.4) is 0 Å². The molecule has 0 atom stereocenters. The van der Waals surface area contributed by atoms with E-state index >= 15 is 0 Å². The van der Waals surface area contributed by atoms with E-state index in [1.54, 1.807) is 24.4 Å². The fourth-order valence-electron chi connectivity index (χ4n) is 2.67. The molecule has 4 rings (SSSR count). The first-order chi connectivity index (χ1) is 13.7. The molecule has 0 saturated heterocycles. The van der Waals surface area contributed by atoms with Gasteiger partial charge in [-0.05, 0) is 29.8 Å². The molecule has 0 spiro atoms. The van der Waals surface area contributed by atoms with Crippen molar-refractivity contribution in [3.63, 3.8) is 0 Å². The molecule has 2 heterocycles. The fraction of sp³-hybridized carbons (Fsp3) is 0.100. The Balaban J connectivity index is 1.35. The van der Waals surface area contributed by atoms with Crippen LogP contribution >= 0.6 is 11.3 Å². The number of rotatable bonds is 6. The summed E-state index contributed by atoms with van der Waals surface area (Å²) in [4.78, 5) is 32.9. The van der Waals surface area contributed by atoms with Gasteiger partial charge in [-0.2, -0.15) is 0 Å². The van der Waals surface area contributed by atoms with Crippen LogP contribution in [0, 0.1) is 0 Å². The maximum Gasteiger partial charge on any atom is 0.278 e. The first kappa shape index (κ1) is 17.9. The van der Waals surface area contributed by atoms with Crippen LogP contribution in [0.2, 0.25) is 0 Å². The number of amides is 1. The van der Waals surface area contributed by atoms with Crippen molar-refractivity contribution in [3.8, 4) is 10.9 Å². The second-order valence-corrected chi connectivity index (χ2v) is 6.87. The van der Waals surface area contributed by atoms with Crippen molar-refractivity contribution < 1.29 is 9.53 Å². The van der Waals surface area contributed by atoms with E-state index in [9.17, 15) is 9.59 Å². The van der Waals surface area contributed by atoms with Crippen molar-refractivity contribution in [1.82, 2.24) is 19.9 Å². The SMILES string of the molecule is O=C(Cn1cnc2ccccc2c1=O)NCc1ccc(Oc2nccs2)cc1. The number of carbonyl (C=O) groups excluding carboxylic acids is 1. The van der Waals surface area contributed by atoms with Crippen LogP contribution < -0.4 is 15.6 Å². The zero-order chi connectivity index (χ0) is 19.3. The van der Waals surface area contributed by atoms with Crippen LogP contribution in [-0.2, 0) is 17.9 Å². The van der Waals surface area contributed by atoms with E-state index in [0.717, 1.165) is 5.56 Å². The van der Waals surface area contributed by atoms with Crippen molar-refractivity contribution in [2.45, 2.75) is 13.1 Å². The minimum Gasteiger partial charge on any atom is -0.431 e. The molecule has 1 N–H and O–H groups in total. The third-order valence-electron chi connectivity index (χ3n) is 4.07. The highest BCUT2D eigenvalue weighted by molar-refractivity contribution is 7.11. The lowest BCUT2D eigenvalue weighted by atomic mass is 10.2. The molecule has 0 aliphatic heterocycles. The number of fused-ring (bicyclic) bond motifs is 1. The topological polar surface area (TPSA) is 86.1 Å². The maximum atomic E-state index is 12.4. The van der Waals surface area contributed by atoms with Gasteiger partial charge in [0, 0.05) is 18.1 Å².